The van der Waals surface area contributed by atoms with Crippen molar-refractivity contribution in [3.05, 3.63) is 81.9 Å². The van der Waals surface area contributed by atoms with Crippen molar-refractivity contribution < 1.29 is 14.3 Å². The van der Waals surface area contributed by atoms with Gasteiger partial charge in [-0.25, -0.2) is 9.78 Å². The Kier molecular flexibility index (Phi) is 10.2. The van der Waals surface area contributed by atoms with Crippen molar-refractivity contribution in [3.8, 4) is 5.75 Å². The van der Waals surface area contributed by atoms with Crippen molar-refractivity contribution in [3.63, 3.8) is 0 Å². The molecule has 1 saturated heterocycles. The molecule has 0 radical (unpaired) electrons. The van der Waals surface area contributed by atoms with Gasteiger partial charge in [0.25, 0.3) is 0 Å². The summed E-state index contributed by atoms with van der Waals surface area (Å²) >= 11 is 12.2. The second kappa shape index (κ2) is 13.6. The third-order valence-electron chi connectivity index (χ3n) is 6.87. The average molecular weight is 602 g/mol. The van der Waals surface area contributed by atoms with Crippen molar-refractivity contribution in [2.75, 3.05) is 33.3 Å². The lowest BCUT2D eigenvalue weighted by atomic mass is 10.1. The molecular weight excluding hydrogens is 563 g/mol. The fourth-order valence-corrected chi connectivity index (χ4v) is 5.16. The summed E-state index contributed by atoms with van der Waals surface area (Å²) in [6.45, 7) is 8.97. The van der Waals surface area contributed by atoms with Crippen LogP contribution < -0.4 is 15.4 Å². The lowest BCUT2D eigenvalue weighted by Gasteiger charge is -2.41. The number of urea groups is 1. The van der Waals surface area contributed by atoms with Crippen LogP contribution in [0.3, 0.4) is 0 Å². The minimum Gasteiger partial charge on any atom is -0.497 e. The molecule has 0 bridgehead atoms. The minimum atomic E-state index is -0.627. The van der Waals surface area contributed by atoms with E-state index in [1.165, 1.54) is 0 Å². The summed E-state index contributed by atoms with van der Waals surface area (Å²) in [5.41, 5.74) is 2.65. The molecule has 1 aliphatic rings. The number of piperazine rings is 1. The third kappa shape index (κ3) is 8.61. The maximum absolute atomic E-state index is 13.5. The maximum atomic E-state index is 13.5. The SMILES string of the molecule is COc1cccc(CN2CCN(C(=O)NC(C)(C)C)C(C(=O)NCCc3cncn3Cc3ccc(Cl)c(Cl)c3)C2)c1. The van der Waals surface area contributed by atoms with Crippen LogP contribution in [0.25, 0.3) is 0 Å². The minimum absolute atomic E-state index is 0.181. The number of hydrogen-bond donors (Lipinski definition) is 2. The molecule has 1 unspecified atom stereocenters. The van der Waals surface area contributed by atoms with Gasteiger partial charge >= 0.3 is 6.03 Å². The Hall–Kier alpha value is -3.27. The lowest BCUT2D eigenvalue weighted by molar-refractivity contribution is -0.127. The molecule has 11 heteroatoms. The topological polar surface area (TPSA) is 91.7 Å². The number of amides is 3. The molecule has 0 spiro atoms. The van der Waals surface area contributed by atoms with Crippen LogP contribution in [0.2, 0.25) is 10.0 Å². The number of imidazole rings is 1. The summed E-state index contributed by atoms with van der Waals surface area (Å²) in [7, 11) is 1.65. The van der Waals surface area contributed by atoms with E-state index in [9.17, 15) is 9.59 Å². The van der Waals surface area contributed by atoms with E-state index < -0.39 is 11.6 Å². The molecule has 0 aliphatic carbocycles. The van der Waals surface area contributed by atoms with E-state index in [4.69, 9.17) is 27.9 Å². The summed E-state index contributed by atoms with van der Waals surface area (Å²) in [6.07, 6.45) is 4.14. The molecule has 1 atom stereocenters. The lowest BCUT2D eigenvalue weighted by Crippen LogP contribution is -2.63. The molecule has 41 heavy (non-hydrogen) atoms. The number of methoxy groups -OCH3 is 1. The number of ether oxygens (including phenoxy) is 1. The molecule has 0 saturated carbocycles. The molecule has 3 aromatic rings. The van der Waals surface area contributed by atoms with E-state index in [0.717, 1.165) is 22.6 Å². The highest BCUT2D eigenvalue weighted by atomic mass is 35.5. The second-order valence-corrected chi connectivity index (χ2v) is 12.1. The Morgan fingerprint density at radius 1 is 1.05 bits per heavy atom. The number of aromatic nitrogens is 2. The normalized spacial score (nSPS) is 16.0. The summed E-state index contributed by atoms with van der Waals surface area (Å²) in [5, 5.41) is 7.09. The van der Waals surface area contributed by atoms with Crippen LogP contribution in [0, 0.1) is 0 Å². The number of benzene rings is 2. The van der Waals surface area contributed by atoms with Gasteiger partial charge in [-0.1, -0.05) is 41.4 Å². The number of carbonyl (C=O) groups excluding carboxylic acids is 2. The van der Waals surface area contributed by atoms with Crippen LogP contribution in [0.4, 0.5) is 4.79 Å². The van der Waals surface area contributed by atoms with E-state index in [-0.39, 0.29) is 11.9 Å². The molecular formula is C30H38Cl2N6O3. The zero-order chi connectivity index (χ0) is 29.6. The van der Waals surface area contributed by atoms with Crippen LogP contribution in [0.15, 0.2) is 55.0 Å². The van der Waals surface area contributed by atoms with Gasteiger partial charge in [-0.2, -0.15) is 0 Å². The van der Waals surface area contributed by atoms with E-state index >= 15 is 0 Å². The number of nitrogens with zero attached hydrogens (tertiary/aromatic N) is 4. The fraction of sp³-hybridized carbons (Fsp3) is 0.433. The first-order chi connectivity index (χ1) is 19.5. The van der Waals surface area contributed by atoms with Gasteiger partial charge in [-0.3, -0.25) is 9.69 Å². The van der Waals surface area contributed by atoms with Crippen molar-refractivity contribution in [2.24, 2.45) is 0 Å². The van der Waals surface area contributed by atoms with Gasteiger partial charge in [-0.15, -0.1) is 0 Å². The highest BCUT2D eigenvalue weighted by Gasteiger charge is 2.36. The Morgan fingerprint density at radius 3 is 2.56 bits per heavy atom. The molecule has 3 amide bonds. The molecule has 1 aromatic heterocycles. The summed E-state index contributed by atoms with van der Waals surface area (Å²) in [4.78, 5) is 34.8. The van der Waals surface area contributed by atoms with Crippen molar-refractivity contribution in [1.82, 2.24) is 30.0 Å². The Morgan fingerprint density at radius 2 is 1.83 bits per heavy atom. The van der Waals surface area contributed by atoms with Crippen molar-refractivity contribution in [1.29, 1.82) is 0 Å². The van der Waals surface area contributed by atoms with Gasteiger partial charge in [0.1, 0.15) is 11.8 Å². The van der Waals surface area contributed by atoms with E-state index in [1.807, 2.05) is 61.7 Å². The summed E-state index contributed by atoms with van der Waals surface area (Å²) < 4.78 is 7.38. The van der Waals surface area contributed by atoms with Gasteiger partial charge < -0.3 is 24.8 Å². The molecule has 4 rings (SSSR count). The number of rotatable bonds is 9. The summed E-state index contributed by atoms with van der Waals surface area (Å²) in [5.74, 6) is 0.610. The molecule has 1 aliphatic heterocycles. The average Bonchev–Trinajstić information content (AvgIpc) is 3.36. The zero-order valence-corrected chi connectivity index (χ0v) is 25.5. The van der Waals surface area contributed by atoms with E-state index in [0.29, 0.717) is 55.7 Å². The van der Waals surface area contributed by atoms with Crippen LogP contribution >= 0.6 is 23.2 Å². The van der Waals surface area contributed by atoms with Crippen LogP contribution in [-0.4, -0.2) is 76.2 Å². The zero-order valence-electron chi connectivity index (χ0n) is 24.0. The Labute approximate surface area is 251 Å². The summed E-state index contributed by atoms with van der Waals surface area (Å²) in [6, 6.07) is 12.6. The van der Waals surface area contributed by atoms with Gasteiger partial charge in [0.2, 0.25) is 5.91 Å². The number of halogens is 2. The quantitative estimate of drug-likeness (QED) is 0.374. The third-order valence-corrected chi connectivity index (χ3v) is 7.61. The second-order valence-electron chi connectivity index (χ2n) is 11.3. The standard InChI is InChI=1S/C30H38Cl2N6O3/c1-30(2,3)35-29(40)38-13-12-36(17-21-6-5-7-24(14-21)41-4)19-27(38)28(39)34-11-10-23-16-33-20-37(23)18-22-8-9-25(31)26(32)15-22/h5-9,14-16,20,27H,10-13,17-19H2,1-4H3,(H,34,39)(H,35,40). The van der Waals surface area contributed by atoms with E-state index in [1.54, 1.807) is 30.6 Å². The number of carbonyl (C=O) groups is 2. The van der Waals surface area contributed by atoms with Crippen molar-refractivity contribution in [2.45, 2.75) is 51.9 Å². The first kappa shape index (κ1) is 30.7. The largest absolute Gasteiger partial charge is 0.497 e. The van der Waals surface area contributed by atoms with E-state index in [2.05, 4.69) is 20.5 Å². The number of hydrogen-bond acceptors (Lipinski definition) is 5. The highest BCUT2D eigenvalue weighted by Crippen LogP contribution is 2.23. The Bertz CT molecular complexity index is 1360. The van der Waals surface area contributed by atoms with Crippen LogP contribution in [0.1, 0.15) is 37.6 Å². The molecule has 2 heterocycles. The predicted octanol–water partition coefficient (Wildman–Crippen LogP) is 4.60. The predicted molar refractivity (Wildman–Crippen MR) is 162 cm³/mol. The van der Waals surface area contributed by atoms with Gasteiger partial charge in [0.05, 0.1) is 23.5 Å². The van der Waals surface area contributed by atoms with Gasteiger partial charge in [-0.05, 0) is 56.2 Å². The fourth-order valence-electron chi connectivity index (χ4n) is 4.84. The van der Waals surface area contributed by atoms with Crippen LogP contribution in [-0.2, 0) is 24.3 Å². The first-order valence-electron chi connectivity index (χ1n) is 13.7. The Balaban J connectivity index is 1.40. The van der Waals surface area contributed by atoms with Crippen LogP contribution in [0.5, 0.6) is 5.75 Å². The van der Waals surface area contributed by atoms with Crippen molar-refractivity contribution >= 4 is 35.1 Å². The smallest absolute Gasteiger partial charge is 0.318 e. The monoisotopic (exact) mass is 600 g/mol. The number of nitrogens with one attached hydrogen (secondary N) is 2. The van der Waals surface area contributed by atoms with Gasteiger partial charge in [0.15, 0.2) is 0 Å². The molecule has 2 aromatic carbocycles. The first-order valence-corrected chi connectivity index (χ1v) is 14.4. The molecule has 1 fully saturated rings. The molecule has 2 N–H and O–H groups in total. The molecule has 220 valence electrons. The highest BCUT2D eigenvalue weighted by molar-refractivity contribution is 6.42. The maximum Gasteiger partial charge on any atom is 0.318 e. The van der Waals surface area contributed by atoms with Gasteiger partial charge in [0, 0.05) is 63.1 Å². The molecule has 9 nitrogen and oxygen atoms in total.